The molecule has 1 amide bonds. The van der Waals surface area contributed by atoms with Crippen LogP contribution in [0.4, 0.5) is 11.5 Å². The van der Waals surface area contributed by atoms with E-state index in [4.69, 9.17) is 17.9 Å². The zero-order chi connectivity index (χ0) is 22.2. The minimum Gasteiger partial charge on any atom is -0.402 e. The number of carbonyl (C=O) groups is 1. The lowest BCUT2D eigenvalue weighted by molar-refractivity contribution is -0.111. The molecule has 1 heterocycles. The maximum atomic E-state index is 11.4. The first-order chi connectivity index (χ1) is 14.9. The van der Waals surface area contributed by atoms with E-state index in [1.165, 1.54) is 5.56 Å². The number of amidine groups is 1. The Morgan fingerprint density at radius 2 is 1.81 bits per heavy atom. The summed E-state index contributed by atoms with van der Waals surface area (Å²) in [6.07, 6.45) is 7.42. The van der Waals surface area contributed by atoms with Crippen LogP contribution in [0.25, 0.3) is 11.3 Å². The van der Waals surface area contributed by atoms with E-state index >= 15 is 0 Å². The number of amides is 1. The number of hydrogen-bond acceptors (Lipinski definition) is 4. The molecule has 6 nitrogen and oxygen atoms in total. The number of hydrogen-bond donors (Lipinski definition) is 3. The number of terminal acetylenes is 1. The van der Waals surface area contributed by atoms with E-state index in [1.807, 2.05) is 48.4 Å². The van der Waals surface area contributed by atoms with Gasteiger partial charge in [-0.15, -0.1) is 6.42 Å². The molecule has 6 heteroatoms. The Kier molecular flexibility index (Phi) is 6.82. The standard InChI is InChI=1S/C25H23N5O/c1-3-25(31)28-21-11-9-20(10-12-21)22-15-19(14-18-7-5-4-6-8-18)16-24(29-22)30-23(27)13-17(2)26/h1,4-13,15-16H,14,26H2,2H3,(H,28,31)(H2,27,29,30)/b17-13-. The summed E-state index contributed by atoms with van der Waals surface area (Å²) in [7, 11) is 0. The molecule has 0 aliphatic rings. The summed E-state index contributed by atoms with van der Waals surface area (Å²) in [5.41, 5.74) is 16.7. The third-order valence-electron chi connectivity index (χ3n) is 4.31. The lowest BCUT2D eigenvalue weighted by Crippen LogP contribution is -2.10. The Morgan fingerprint density at radius 1 is 1.10 bits per heavy atom. The molecule has 2 aromatic carbocycles. The number of carbonyl (C=O) groups excluding carboxylic acids is 1. The molecule has 0 saturated carbocycles. The molecule has 0 saturated heterocycles. The number of anilines is 1. The first kappa shape index (κ1) is 21.3. The van der Waals surface area contributed by atoms with Crippen molar-refractivity contribution in [2.75, 3.05) is 5.32 Å². The molecule has 3 rings (SSSR count). The number of nitrogens with zero attached hydrogens (tertiary/aromatic N) is 2. The van der Waals surface area contributed by atoms with E-state index in [1.54, 1.807) is 25.1 Å². The van der Waals surface area contributed by atoms with Crippen molar-refractivity contribution in [1.29, 1.82) is 0 Å². The van der Waals surface area contributed by atoms with Crippen LogP contribution in [0.5, 0.6) is 0 Å². The molecule has 0 aliphatic heterocycles. The van der Waals surface area contributed by atoms with Gasteiger partial charge in [-0.2, -0.15) is 0 Å². The Bertz CT molecular complexity index is 1170. The van der Waals surface area contributed by atoms with Gasteiger partial charge >= 0.3 is 0 Å². The van der Waals surface area contributed by atoms with Crippen molar-refractivity contribution in [2.45, 2.75) is 13.3 Å². The highest BCUT2D eigenvalue weighted by Crippen LogP contribution is 2.25. The van der Waals surface area contributed by atoms with Crippen molar-refractivity contribution in [1.82, 2.24) is 4.98 Å². The lowest BCUT2D eigenvalue weighted by atomic mass is 10.0. The van der Waals surface area contributed by atoms with Crippen LogP contribution in [0.1, 0.15) is 18.1 Å². The Hall–Kier alpha value is -4.37. The molecule has 1 aromatic heterocycles. The van der Waals surface area contributed by atoms with Crippen LogP contribution in [0.2, 0.25) is 0 Å². The molecule has 5 N–H and O–H groups in total. The fraction of sp³-hybridized carbons (Fsp3) is 0.0800. The third-order valence-corrected chi connectivity index (χ3v) is 4.31. The molecule has 0 spiro atoms. The topological polar surface area (TPSA) is 106 Å². The number of nitrogens with two attached hydrogens (primary N) is 2. The third kappa shape index (κ3) is 6.31. The summed E-state index contributed by atoms with van der Waals surface area (Å²) in [6.45, 7) is 1.74. The lowest BCUT2D eigenvalue weighted by Gasteiger charge is -2.09. The van der Waals surface area contributed by atoms with Gasteiger partial charge in [0.25, 0.3) is 5.91 Å². The number of allylic oxidation sites excluding steroid dienone is 1. The minimum atomic E-state index is -0.494. The van der Waals surface area contributed by atoms with Crippen molar-refractivity contribution in [3.63, 3.8) is 0 Å². The minimum absolute atomic E-state index is 0.280. The molecule has 0 bridgehead atoms. The second kappa shape index (κ2) is 9.90. The molecule has 0 atom stereocenters. The first-order valence-corrected chi connectivity index (χ1v) is 9.64. The fourth-order valence-corrected chi connectivity index (χ4v) is 3.00. The fourth-order valence-electron chi connectivity index (χ4n) is 3.00. The summed E-state index contributed by atoms with van der Waals surface area (Å²) in [4.78, 5) is 20.4. The molecule has 154 valence electrons. The second-order valence-corrected chi connectivity index (χ2v) is 6.98. The maximum absolute atomic E-state index is 11.4. The van der Waals surface area contributed by atoms with Crippen molar-refractivity contribution in [3.05, 3.63) is 89.6 Å². The summed E-state index contributed by atoms with van der Waals surface area (Å²) in [5.74, 6) is 2.30. The number of aromatic nitrogens is 1. The number of nitrogens with one attached hydrogen (secondary N) is 1. The van der Waals surface area contributed by atoms with Gasteiger partial charge < -0.3 is 16.8 Å². The average molecular weight is 409 g/mol. The molecular formula is C25H23N5O. The number of aliphatic imine (C=N–C) groups is 1. The summed E-state index contributed by atoms with van der Waals surface area (Å²) in [6, 6.07) is 21.3. The van der Waals surface area contributed by atoms with Crippen LogP contribution in [-0.2, 0) is 11.2 Å². The summed E-state index contributed by atoms with van der Waals surface area (Å²) in [5, 5.41) is 2.62. The summed E-state index contributed by atoms with van der Waals surface area (Å²) < 4.78 is 0. The highest BCUT2D eigenvalue weighted by molar-refractivity contribution is 6.03. The SMILES string of the molecule is C#CC(=O)Nc1ccc(-c2cc(Cc3ccccc3)cc(N=C(N)/C=C(/C)N)n2)cc1. The van der Waals surface area contributed by atoms with Gasteiger partial charge in [-0.1, -0.05) is 42.5 Å². The predicted molar refractivity (Wildman–Crippen MR) is 126 cm³/mol. The molecule has 0 aliphatic carbocycles. The molecular weight excluding hydrogens is 386 g/mol. The highest BCUT2D eigenvalue weighted by atomic mass is 16.1. The van der Waals surface area contributed by atoms with Crippen LogP contribution in [0, 0.1) is 12.3 Å². The monoisotopic (exact) mass is 409 g/mol. The number of pyridine rings is 1. The van der Waals surface area contributed by atoms with Crippen LogP contribution >= 0.6 is 0 Å². The summed E-state index contributed by atoms with van der Waals surface area (Å²) >= 11 is 0. The predicted octanol–water partition coefficient (Wildman–Crippen LogP) is 3.76. The van der Waals surface area contributed by atoms with E-state index < -0.39 is 5.91 Å². The Balaban J connectivity index is 1.99. The van der Waals surface area contributed by atoms with E-state index in [0.29, 0.717) is 17.2 Å². The molecule has 0 fully saturated rings. The largest absolute Gasteiger partial charge is 0.402 e. The smallest absolute Gasteiger partial charge is 0.300 e. The number of benzene rings is 2. The van der Waals surface area contributed by atoms with Gasteiger partial charge in [-0.25, -0.2) is 9.98 Å². The van der Waals surface area contributed by atoms with Crippen LogP contribution < -0.4 is 16.8 Å². The van der Waals surface area contributed by atoms with Gasteiger partial charge in [0, 0.05) is 16.9 Å². The van der Waals surface area contributed by atoms with Crippen LogP contribution in [0.15, 0.2) is 83.5 Å². The van der Waals surface area contributed by atoms with E-state index in [2.05, 4.69) is 27.4 Å². The van der Waals surface area contributed by atoms with Gasteiger partial charge in [0.2, 0.25) is 0 Å². The molecule has 31 heavy (non-hydrogen) atoms. The second-order valence-electron chi connectivity index (χ2n) is 6.98. The quantitative estimate of drug-likeness (QED) is 0.327. The van der Waals surface area contributed by atoms with Crippen LogP contribution in [-0.4, -0.2) is 16.7 Å². The molecule has 3 aromatic rings. The van der Waals surface area contributed by atoms with E-state index in [-0.39, 0.29) is 5.84 Å². The van der Waals surface area contributed by atoms with Gasteiger partial charge in [0.1, 0.15) is 5.84 Å². The zero-order valence-electron chi connectivity index (χ0n) is 17.2. The number of rotatable bonds is 6. The zero-order valence-corrected chi connectivity index (χ0v) is 17.2. The van der Waals surface area contributed by atoms with Crippen LogP contribution in [0.3, 0.4) is 0 Å². The van der Waals surface area contributed by atoms with Crippen molar-refractivity contribution in [2.24, 2.45) is 16.5 Å². The molecule has 0 unspecified atom stereocenters. The van der Waals surface area contributed by atoms with Gasteiger partial charge in [-0.05, 0) is 60.7 Å². The molecule has 0 radical (unpaired) electrons. The van der Waals surface area contributed by atoms with Gasteiger partial charge in [0.15, 0.2) is 5.82 Å². The Morgan fingerprint density at radius 3 is 2.45 bits per heavy atom. The normalized spacial score (nSPS) is 11.6. The maximum Gasteiger partial charge on any atom is 0.300 e. The Labute approximate surface area is 181 Å². The highest BCUT2D eigenvalue weighted by Gasteiger charge is 2.07. The van der Waals surface area contributed by atoms with Crippen molar-refractivity contribution < 1.29 is 4.79 Å². The van der Waals surface area contributed by atoms with E-state index in [0.717, 1.165) is 23.2 Å². The van der Waals surface area contributed by atoms with Crippen molar-refractivity contribution in [3.8, 4) is 23.6 Å². The van der Waals surface area contributed by atoms with Gasteiger partial charge in [-0.3, -0.25) is 4.79 Å². The van der Waals surface area contributed by atoms with Gasteiger partial charge in [0.05, 0.1) is 5.69 Å². The average Bonchev–Trinajstić information content (AvgIpc) is 2.74. The first-order valence-electron chi connectivity index (χ1n) is 9.64. The van der Waals surface area contributed by atoms with E-state index in [9.17, 15) is 4.79 Å². The van der Waals surface area contributed by atoms with Crippen molar-refractivity contribution >= 4 is 23.2 Å².